The Bertz CT molecular complexity index is 371. The standard InChI is InChI=1S/C10H13N3O/c1-7(6-11)10(12)13-8-3-2-4-9(14)5-8/h2-6,14H,11H2,1H3,(H2,12,13)/b7-6-. The van der Waals surface area contributed by atoms with Crippen LogP contribution in [0.2, 0.25) is 0 Å². The van der Waals surface area contributed by atoms with Gasteiger partial charge in [-0.1, -0.05) is 6.07 Å². The molecule has 5 N–H and O–H groups in total. The maximum Gasteiger partial charge on any atom is 0.126 e. The van der Waals surface area contributed by atoms with Crippen molar-refractivity contribution < 1.29 is 5.11 Å². The smallest absolute Gasteiger partial charge is 0.126 e. The molecule has 0 saturated carbocycles. The molecule has 1 aromatic carbocycles. The van der Waals surface area contributed by atoms with E-state index in [2.05, 4.69) is 5.32 Å². The zero-order chi connectivity index (χ0) is 10.6. The van der Waals surface area contributed by atoms with E-state index in [4.69, 9.17) is 11.1 Å². The van der Waals surface area contributed by atoms with E-state index in [0.717, 1.165) is 0 Å². The molecular weight excluding hydrogens is 178 g/mol. The van der Waals surface area contributed by atoms with Crippen LogP contribution in [0.4, 0.5) is 5.69 Å². The molecule has 0 radical (unpaired) electrons. The summed E-state index contributed by atoms with van der Waals surface area (Å²) in [4.78, 5) is 0. The van der Waals surface area contributed by atoms with Crippen LogP contribution >= 0.6 is 0 Å². The first-order valence-corrected chi connectivity index (χ1v) is 4.17. The van der Waals surface area contributed by atoms with E-state index in [9.17, 15) is 5.11 Å². The van der Waals surface area contributed by atoms with Gasteiger partial charge in [-0.25, -0.2) is 0 Å². The maximum atomic E-state index is 9.17. The number of benzene rings is 1. The van der Waals surface area contributed by atoms with E-state index in [1.54, 1.807) is 31.2 Å². The van der Waals surface area contributed by atoms with Crippen molar-refractivity contribution in [3.05, 3.63) is 36.0 Å². The highest BCUT2D eigenvalue weighted by atomic mass is 16.3. The Morgan fingerprint density at radius 1 is 1.57 bits per heavy atom. The summed E-state index contributed by atoms with van der Waals surface area (Å²) >= 11 is 0. The Balaban J connectivity index is 2.75. The number of amidine groups is 1. The van der Waals surface area contributed by atoms with Crippen LogP contribution in [0, 0.1) is 5.41 Å². The summed E-state index contributed by atoms with van der Waals surface area (Å²) in [5, 5.41) is 19.5. The van der Waals surface area contributed by atoms with Crippen molar-refractivity contribution in [1.29, 1.82) is 5.41 Å². The SMILES string of the molecule is C/C(=C/N)C(=N)Nc1cccc(O)c1. The number of nitrogens with two attached hydrogens (primary N) is 1. The quantitative estimate of drug-likeness (QED) is 0.423. The van der Waals surface area contributed by atoms with Gasteiger partial charge in [-0.05, 0) is 19.1 Å². The van der Waals surface area contributed by atoms with Gasteiger partial charge in [0.25, 0.3) is 0 Å². The monoisotopic (exact) mass is 191 g/mol. The fraction of sp³-hybridized carbons (Fsp3) is 0.100. The topological polar surface area (TPSA) is 82.1 Å². The second-order valence-electron chi connectivity index (χ2n) is 2.90. The summed E-state index contributed by atoms with van der Waals surface area (Å²) in [5.41, 5.74) is 6.57. The van der Waals surface area contributed by atoms with Gasteiger partial charge in [-0.15, -0.1) is 0 Å². The number of phenols is 1. The highest BCUT2D eigenvalue weighted by Crippen LogP contribution is 2.15. The minimum absolute atomic E-state index is 0.164. The summed E-state index contributed by atoms with van der Waals surface area (Å²) in [6.07, 6.45) is 1.36. The van der Waals surface area contributed by atoms with Crippen LogP contribution in [0.5, 0.6) is 5.75 Å². The number of hydrogen-bond donors (Lipinski definition) is 4. The molecule has 0 bridgehead atoms. The molecule has 0 spiro atoms. The molecule has 0 aliphatic heterocycles. The molecule has 1 rings (SSSR count). The fourth-order valence-electron chi connectivity index (χ4n) is 0.910. The van der Waals surface area contributed by atoms with Gasteiger partial charge in [0.2, 0.25) is 0 Å². The number of nitrogens with one attached hydrogen (secondary N) is 2. The number of aromatic hydroxyl groups is 1. The lowest BCUT2D eigenvalue weighted by Gasteiger charge is -2.07. The summed E-state index contributed by atoms with van der Waals surface area (Å²) < 4.78 is 0. The molecule has 4 heteroatoms. The molecule has 0 saturated heterocycles. The van der Waals surface area contributed by atoms with Crippen LogP contribution in [-0.4, -0.2) is 10.9 Å². The van der Waals surface area contributed by atoms with Crippen molar-refractivity contribution in [2.24, 2.45) is 5.73 Å². The van der Waals surface area contributed by atoms with Crippen molar-refractivity contribution in [3.63, 3.8) is 0 Å². The van der Waals surface area contributed by atoms with Crippen LogP contribution in [-0.2, 0) is 0 Å². The molecular formula is C10H13N3O. The molecule has 0 amide bonds. The summed E-state index contributed by atoms with van der Waals surface area (Å²) in [6, 6.07) is 6.57. The maximum absolute atomic E-state index is 9.17. The zero-order valence-corrected chi connectivity index (χ0v) is 7.91. The van der Waals surface area contributed by atoms with Crippen molar-refractivity contribution >= 4 is 11.5 Å². The number of phenolic OH excluding ortho intramolecular Hbond substituents is 1. The van der Waals surface area contributed by atoms with Gasteiger partial charge in [0.05, 0.1) is 0 Å². The van der Waals surface area contributed by atoms with Gasteiger partial charge < -0.3 is 16.2 Å². The summed E-state index contributed by atoms with van der Waals surface area (Å²) in [6.45, 7) is 1.73. The molecule has 0 atom stereocenters. The van der Waals surface area contributed by atoms with E-state index in [1.807, 2.05) is 0 Å². The first kappa shape index (κ1) is 10.1. The lowest BCUT2D eigenvalue weighted by atomic mass is 10.2. The normalized spacial score (nSPS) is 11.1. The summed E-state index contributed by atoms with van der Waals surface area (Å²) in [7, 11) is 0. The first-order valence-electron chi connectivity index (χ1n) is 4.17. The van der Waals surface area contributed by atoms with Gasteiger partial charge >= 0.3 is 0 Å². The van der Waals surface area contributed by atoms with Crippen molar-refractivity contribution in [2.45, 2.75) is 6.92 Å². The Labute approximate surface area is 82.6 Å². The average molecular weight is 191 g/mol. The van der Waals surface area contributed by atoms with E-state index < -0.39 is 0 Å². The third-order valence-electron chi connectivity index (χ3n) is 1.76. The van der Waals surface area contributed by atoms with E-state index >= 15 is 0 Å². The zero-order valence-electron chi connectivity index (χ0n) is 7.91. The molecule has 0 aliphatic carbocycles. The van der Waals surface area contributed by atoms with Gasteiger partial charge in [0.1, 0.15) is 11.6 Å². The molecule has 0 aliphatic rings. The molecule has 1 aromatic rings. The predicted molar refractivity (Wildman–Crippen MR) is 57.4 cm³/mol. The highest BCUT2D eigenvalue weighted by Gasteiger charge is 1.99. The summed E-state index contributed by atoms with van der Waals surface area (Å²) in [5.74, 6) is 0.385. The Morgan fingerprint density at radius 3 is 2.86 bits per heavy atom. The van der Waals surface area contributed by atoms with Crippen LogP contribution in [0.3, 0.4) is 0 Å². The molecule has 0 unspecified atom stereocenters. The third-order valence-corrected chi connectivity index (χ3v) is 1.76. The van der Waals surface area contributed by atoms with Crippen LogP contribution in [0.15, 0.2) is 36.0 Å². The molecule has 0 fully saturated rings. The Hall–Kier alpha value is -1.97. The lowest BCUT2D eigenvalue weighted by molar-refractivity contribution is 0.475. The first-order chi connectivity index (χ1) is 6.63. The minimum Gasteiger partial charge on any atom is -0.508 e. The minimum atomic E-state index is 0.164. The Kier molecular flexibility index (Phi) is 3.12. The fourth-order valence-corrected chi connectivity index (χ4v) is 0.910. The highest BCUT2D eigenvalue weighted by molar-refractivity contribution is 6.05. The van der Waals surface area contributed by atoms with Crippen LogP contribution in [0.1, 0.15) is 6.92 Å². The number of rotatable bonds is 2. The predicted octanol–water partition coefficient (Wildman–Crippen LogP) is 1.64. The number of hydrogen-bond acceptors (Lipinski definition) is 3. The van der Waals surface area contributed by atoms with Crippen LogP contribution in [0.25, 0.3) is 0 Å². The Morgan fingerprint density at radius 2 is 2.29 bits per heavy atom. The molecule has 0 aromatic heterocycles. The lowest BCUT2D eigenvalue weighted by Crippen LogP contribution is -2.12. The van der Waals surface area contributed by atoms with Crippen molar-refractivity contribution in [2.75, 3.05) is 5.32 Å². The third kappa shape index (κ3) is 2.52. The van der Waals surface area contributed by atoms with Gasteiger partial charge in [-0.3, -0.25) is 5.41 Å². The second-order valence-corrected chi connectivity index (χ2v) is 2.90. The molecule has 74 valence electrons. The van der Waals surface area contributed by atoms with Gasteiger partial charge in [0.15, 0.2) is 0 Å². The molecule has 14 heavy (non-hydrogen) atoms. The van der Waals surface area contributed by atoms with Crippen LogP contribution < -0.4 is 11.1 Å². The van der Waals surface area contributed by atoms with Crippen molar-refractivity contribution in [1.82, 2.24) is 0 Å². The largest absolute Gasteiger partial charge is 0.508 e. The van der Waals surface area contributed by atoms with Crippen molar-refractivity contribution in [3.8, 4) is 5.75 Å². The van der Waals surface area contributed by atoms with Gasteiger partial charge in [0, 0.05) is 23.5 Å². The van der Waals surface area contributed by atoms with E-state index in [1.165, 1.54) is 6.20 Å². The molecule has 4 nitrogen and oxygen atoms in total. The molecule has 0 heterocycles. The number of anilines is 1. The van der Waals surface area contributed by atoms with E-state index in [0.29, 0.717) is 11.3 Å². The average Bonchev–Trinajstić information content (AvgIpc) is 2.16. The van der Waals surface area contributed by atoms with Gasteiger partial charge in [-0.2, -0.15) is 0 Å². The second kappa shape index (κ2) is 4.32. The van der Waals surface area contributed by atoms with E-state index in [-0.39, 0.29) is 11.6 Å².